The highest BCUT2D eigenvalue weighted by molar-refractivity contribution is 7.99. The van der Waals surface area contributed by atoms with Crippen LogP contribution in [0.1, 0.15) is 13.8 Å². The second-order valence-electron chi connectivity index (χ2n) is 3.97. The van der Waals surface area contributed by atoms with Gasteiger partial charge in [-0.1, -0.05) is 11.6 Å². The number of hydrogen-bond donors (Lipinski definition) is 2. The lowest BCUT2D eigenvalue weighted by Crippen LogP contribution is -2.25. The molecule has 2 rings (SSSR count). The van der Waals surface area contributed by atoms with Gasteiger partial charge in [0.15, 0.2) is 0 Å². The number of hydrogen-bond acceptors (Lipinski definition) is 8. The third-order valence-corrected chi connectivity index (χ3v) is 3.71. The third-order valence-electron chi connectivity index (χ3n) is 2.67. The van der Waals surface area contributed by atoms with Crippen LogP contribution in [0.15, 0.2) is 28.5 Å². The van der Waals surface area contributed by atoms with E-state index in [1.807, 2.05) is 24.8 Å². The molecule has 0 radical (unpaired) electrons. The molecule has 0 saturated carbocycles. The maximum Gasteiger partial charge on any atom is 0.242 e. The van der Waals surface area contributed by atoms with Gasteiger partial charge < -0.3 is 4.90 Å². The number of nitrogen functional groups attached to an aromatic ring is 1. The Morgan fingerprint density at radius 3 is 2.57 bits per heavy atom. The van der Waals surface area contributed by atoms with Crippen LogP contribution in [0, 0.1) is 0 Å². The summed E-state index contributed by atoms with van der Waals surface area (Å²) in [6, 6.07) is 3.58. The molecule has 0 unspecified atom stereocenters. The molecule has 7 nitrogen and oxygen atoms in total. The molecule has 112 valence electrons. The third kappa shape index (κ3) is 4.16. The molecule has 3 N–H and O–H groups in total. The van der Waals surface area contributed by atoms with E-state index in [4.69, 9.17) is 17.4 Å². The summed E-state index contributed by atoms with van der Waals surface area (Å²) in [5.74, 6) is 6.33. The number of pyridine rings is 1. The van der Waals surface area contributed by atoms with Crippen molar-refractivity contribution in [2.45, 2.75) is 24.0 Å². The molecule has 0 aliphatic heterocycles. The maximum atomic E-state index is 5.82. The van der Waals surface area contributed by atoms with Gasteiger partial charge in [-0.15, -0.1) is 0 Å². The molecular weight excluding hydrogens is 310 g/mol. The quantitative estimate of drug-likeness (QED) is 0.617. The van der Waals surface area contributed by atoms with Crippen LogP contribution < -0.4 is 16.2 Å². The molecule has 2 aromatic heterocycles. The highest BCUT2D eigenvalue weighted by Gasteiger charge is 2.12. The Balaban J connectivity index is 2.29. The first-order valence-electron chi connectivity index (χ1n) is 6.43. The molecule has 0 fully saturated rings. The highest BCUT2D eigenvalue weighted by atomic mass is 35.5. The van der Waals surface area contributed by atoms with Gasteiger partial charge in [-0.25, -0.2) is 10.8 Å². The molecule has 0 spiro atoms. The molecule has 0 saturated heterocycles. The molecule has 21 heavy (non-hydrogen) atoms. The van der Waals surface area contributed by atoms with E-state index in [0.717, 1.165) is 18.1 Å². The number of hydrazine groups is 1. The average Bonchev–Trinajstić information content (AvgIpc) is 2.50. The summed E-state index contributed by atoms with van der Waals surface area (Å²) in [6.07, 6.45) is 1.58. The Hall–Kier alpha value is -1.64. The van der Waals surface area contributed by atoms with Gasteiger partial charge in [-0.3, -0.25) is 5.43 Å². The first-order chi connectivity index (χ1) is 10.2. The van der Waals surface area contributed by atoms with Gasteiger partial charge in [0.2, 0.25) is 17.1 Å². The Bertz CT molecular complexity index is 589. The highest BCUT2D eigenvalue weighted by Crippen LogP contribution is 2.25. The van der Waals surface area contributed by atoms with Crippen molar-refractivity contribution in [3.05, 3.63) is 23.4 Å². The molecule has 0 atom stereocenters. The van der Waals surface area contributed by atoms with Crippen molar-refractivity contribution in [3.63, 3.8) is 0 Å². The Morgan fingerprint density at radius 2 is 2.00 bits per heavy atom. The standard InChI is InChI=1S/C12H16ClN7S/c1-3-20(4-2)11-16-10(19-14)17-12(18-11)21-9-6-5-8(13)7-15-9/h5-7H,3-4,14H2,1-2H3,(H,16,17,18,19). The molecule has 0 aliphatic rings. The van der Waals surface area contributed by atoms with E-state index in [1.165, 1.54) is 11.8 Å². The molecule has 0 bridgehead atoms. The van der Waals surface area contributed by atoms with E-state index < -0.39 is 0 Å². The van der Waals surface area contributed by atoms with E-state index in [9.17, 15) is 0 Å². The monoisotopic (exact) mass is 325 g/mol. The lowest BCUT2D eigenvalue weighted by atomic mass is 10.5. The zero-order chi connectivity index (χ0) is 15.2. The van der Waals surface area contributed by atoms with Crippen molar-refractivity contribution < 1.29 is 0 Å². The Morgan fingerprint density at radius 1 is 1.24 bits per heavy atom. The molecular formula is C12H16ClN7S. The van der Waals surface area contributed by atoms with E-state index in [2.05, 4.69) is 25.4 Å². The van der Waals surface area contributed by atoms with Gasteiger partial charge in [0.05, 0.1) is 5.02 Å². The van der Waals surface area contributed by atoms with E-state index in [0.29, 0.717) is 22.1 Å². The number of nitrogens with one attached hydrogen (secondary N) is 1. The summed E-state index contributed by atoms with van der Waals surface area (Å²) in [5, 5.41) is 1.86. The topological polar surface area (TPSA) is 92.9 Å². The van der Waals surface area contributed by atoms with E-state index >= 15 is 0 Å². The van der Waals surface area contributed by atoms with Crippen LogP contribution in [0.3, 0.4) is 0 Å². The first kappa shape index (κ1) is 15.7. The molecule has 2 heterocycles. The van der Waals surface area contributed by atoms with Crippen molar-refractivity contribution in [1.82, 2.24) is 19.9 Å². The van der Waals surface area contributed by atoms with Crippen LogP contribution in [-0.4, -0.2) is 33.0 Å². The second kappa shape index (κ2) is 7.39. The van der Waals surface area contributed by atoms with Crippen LogP contribution in [0.5, 0.6) is 0 Å². The van der Waals surface area contributed by atoms with Crippen LogP contribution in [0.25, 0.3) is 0 Å². The Kier molecular flexibility index (Phi) is 5.54. The molecule has 0 amide bonds. The summed E-state index contributed by atoms with van der Waals surface area (Å²) in [7, 11) is 0. The number of anilines is 2. The van der Waals surface area contributed by atoms with Gasteiger partial charge in [-0.2, -0.15) is 15.0 Å². The number of aromatic nitrogens is 4. The molecule has 0 aliphatic carbocycles. The van der Waals surface area contributed by atoms with Crippen LogP contribution in [0.2, 0.25) is 5.02 Å². The van der Waals surface area contributed by atoms with Gasteiger partial charge in [0.25, 0.3) is 0 Å². The minimum atomic E-state index is 0.323. The fourth-order valence-electron chi connectivity index (χ4n) is 1.62. The summed E-state index contributed by atoms with van der Waals surface area (Å²) in [4.78, 5) is 19.2. The number of nitrogens with zero attached hydrogens (tertiary/aromatic N) is 5. The minimum absolute atomic E-state index is 0.323. The summed E-state index contributed by atoms with van der Waals surface area (Å²) in [5.41, 5.74) is 2.46. The summed E-state index contributed by atoms with van der Waals surface area (Å²) in [6.45, 7) is 5.68. The SMILES string of the molecule is CCN(CC)c1nc(NN)nc(Sc2ccc(Cl)cn2)n1. The van der Waals surface area contributed by atoms with E-state index in [-0.39, 0.29) is 0 Å². The lowest BCUT2D eigenvalue weighted by molar-refractivity contribution is 0.783. The maximum absolute atomic E-state index is 5.82. The zero-order valence-corrected chi connectivity index (χ0v) is 13.3. The first-order valence-corrected chi connectivity index (χ1v) is 7.62. The molecule has 2 aromatic rings. The van der Waals surface area contributed by atoms with Gasteiger partial charge in [-0.05, 0) is 37.7 Å². The largest absolute Gasteiger partial charge is 0.341 e. The van der Waals surface area contributed by atoms with Crippen molar-refractivity contribution in [2.75, 3.05) is 23.4 Å². The van der Waals surface area contributed by atoms with Crippen LogP contribution >= 0.6 is 23.4 Å². The minimum Gasteiger partial charge on any atom is -0.341 e. The molecule has 0 aromatic carbocycles. The summed E-state index contributed by atoms with van der Waals surface area (Å²) < 4.78 is 0. The van der Waals surface area contributed by atoms with E-state index in [1.54, 1.807) is 12.3 Å². The van der Waals surface area contributed by atoms with Crippen LogP contribution in [-0.2, 0) is 0 Å². The summed E-state index contributed by atoms with van der Waals surface area (Å²) >= 11 is 7.14. The van der Waals surface area contributed by atoms with Crippen molar-refractivity contribution in [2.24, 2.45) is 5.84 Å². The Labute approximate surface area is 132 Å². The smallest absolute Gasteiger partial charge is 0.242 e. The van der Waals surface area contributed by atoms with Gasteiger partial charge in [0, 0.05) is 19.3 Å². The van der Waals surface area contributed by atoms with Crippen molar-refractivity contribution >= 4 is 35.3 Å². The normalized spacial score (nSPS) is 10.5. The number of nitrogens with two attached hydrogens (primary N) is 1. The molecule has 9 heteroatoms. The predicted molar refractivity (Wildman–Crippen MR) is 84.6 cm³/mol. The predicted octanol–water partition coefficient (Wildman–Crippen LogP) is 2.20. The fraction of sp³-hybridized carbons (Fsp3) is 0.333. The van der Waals surface area contributed by atoms with Gasteiger partial charge in [0.1, 0.15) is 5.03 Å². The zero-order valence-electron chi connectivity index (χ0n) is 11.7. The lowest BCUT2D eigenvalue weighted by Gasteiger charge is -2.19. The average molecular weight is 326 g/mol. The van der Waals surface area contributed by atoms with Crippen molar-refractivity contribution in [3.8, 4) is 0 Å². The number of rotatable bonds is 6. The van der Waals surface area contributed by atoms with Gasteiger partial charge >= 0.3 is 0 Å². The van der Waals surface area contributed by atoms with Crippen molar-refractivity contribution in [1.29, 1.82) is 0 Å². The second-order valence-corrected chi connectivity index (χ2v) is 5.40. The van der Waals surface area contributed by atoms with Crippen LogP contribution in [0.4, 0.5) is 11.9 Å². The fourth-order valence-corrected chi connectivity index (χ4v) is 2.42. The number of halogens is 1.